The van der Waals surface area contributed by atoms with E-state index in [0.717, 1.165) is 24.5 Å². The van der Waals surface area contributed by atoms with E-state index in [4.69, 9.17) is 9.47 Å². The van der Waals surface area contributed by atoms with Gasteiger partial charge in [-0.3, -0.25) is 0 Å². The second kappa shape index (κ2) is 9.95. The molecule has 108 valence electrons. The summed E-state index contributed by atoms with van der Waals surface area (Å²) in [5.41, 5.74) is 0. The summed E-state index contributed by atoms with van der Waals surface area (Å²) in [6, 6.07) is 7.37. The van der Waals surface area contributed by atoms with Crippen LogP contribution in [0, 0.1) is 0 Å². The molecule has 0 aromatic heterocycles. The van der Waals surface area contributed by atoms with Gasteiger partial charge in [0.2, 0.25) is 0 Å². The van der Waals surface area contributed by atoms with Crippen LogP contribution in [0.15, 0.2) is 24.3 Å². The van der Waals surface area contributed by atoms with Gasteiger partial charge in [-0.1, -0.05) is 6.07 Å². The normalized spacial score (nSPS) is 12.2. The van der Waals surface area contributed by atoms with Gasteiger partial charge < -0.3 is 19.9 Å². The van der Waals surface area contributed by atoms with Crippen molar-refractivity contribution in [2.24, 2.45) is 0 Å². The number of thioether (sulfide) groups is 1. The first-order valence-electron chi connectivity index (χ1n) is 6.41. The van der Waals surface area contributed by atoms with E-state index in [-0.39, 0.29) is 6.61 Å². The first-order valence-corrected chi connectivity index (χ1v) is 7.80. The fourth-order valence-electron chi connectivity index (χ4n) is 1.55. The van der Waals surface area contributed by atoms with Crippen LogP contribution in [0.3, 0.4) is 0 Å². The van der Waals surface area contributed by atoms with Gasteiger partial charge in [0.25, 0.3) is 0 Å². The molecule has 19 heavy (non-hydrogen) atoms. The molecule has 0 saturated carbocycles. The maximum absolute atomic E-state index is 9.77. The van der Waals surface area contributed by atoms with Gasteiger partial charge in [-0.05, 0) is 37.1 Å². The van der Waals surface area contributed by atoms with Gasteiger partial charge >= 0.3 is 0 Å². The van der Waals surface area contributed by atoms with Gasteiger partial charge in [0.05, 0.1) is 7.11 Å². The maximum Gasteiger partial charge on any atom is 0.123 e. The summed E-state index contributed by atoms with van der Waals surface area (Å²) in [6.45, 7) is 1.76. The van der Waals surface area contributed by atoms with E-state index in [1.165, 1.54) is 0 Å². The van der Waals surface area contributed by atoms with Crippen molar-refractivity contribution in [3.63, 3.8) is 0 Å². The third-order valence-corrected chi connectivity index (χ3v) is 3.26. The molecule has 0 bridgehead atoms. The summed E-state index contributed by atoms with van der Waals surface area (Å²) < 4.78 is 10.6. The van der Waals surface area contributed by atoms with Gasteiger partial charge in [0.15, 0.2) is 0 Å². The van der Waals surface area contributed by atoms with E-state index < -0.39 is 6.10 Å². The lowest BCUT2D eigenvalue weighted by Crippen LogP contribution is -2.32. The van der Waals surface area contributed by atoms with Crippen LogP contribution in [0.25, 0.3) is 0 Å². The molecule has 0 heterocycles. The van der Waals surface area contributed by atoms with Crippen molar-refractivity contribution < 1.29 is 14.6 Å². The quantitative estimate of drug-likeness (QED) is 0.642. The van der Waals surface area contributed by atoms with Crippen molar-refractivity contribution in [1.29, 1.82) is 0 Å². The van der Waals surface area contributed by atoms with Gasteiger partial charge in [0, 0.05) is 12.6 Å². The Morgan fingerprint density at radius 2 is 2.16 bits per heavy atom. The van der Waals surface area contributed by atoms with Gasteiger partial charge in [-0.15, -0.1) is 0 Å². The van der Waals surface area contributed by atoms with E-state index in [1.54, 1.807) is 13.2 Å². The highest BCUT2D eigenvalue weighted by Crippen LogP contribution is 2.18. The Labute approximate surface area is 119 Å². The van der Waals surface area contributed by atoms with E-state index in [0.29, 0.717) is 12.3 Å². The van der Waals surface area contributed by atoms with Crippen molar-refractivity contribution in [3.8, 4) is 11.5 Å². The first-order chi connectivity index (χ1) is 9.26. The summed E-state index contributed by atoms with van der Waals surface area (Å²) in [7, 11) is 1.62. The maximum atomic E-state index is 9.77. The number of nitrogens with one attached hydrogen (secondary N) is 1. The molecule has 0 amide bonds. The summed E-state index contributed by atoms with van der Waals surface area (Å²) >= 11 is 1.83. The molecule has 0 aliphatic heterocycles. The zero-order valence-corrected chi connectivity index (χ0v) is 12.4. The number of aliphatic hydroxyl groups excluding tert-OH is 1. The number of rotatable bonds is 10. The fourth-order valence-corrected chi connectivity index (χ4v) is 1.99. The molecule has 1 atom stereocenters. The summed E-state index contributed by atoms with van der Waals surface area (Å²) in [4.78, 5) is 0. The molecule has 0 aliphatic carbocycles. The van der Waals surface area contributed by atoms with Crippen molar-refractivity contribution in [3.05, 3.63) is 24.3 Å². The number of aliphatic hydroxyl groups is 1. The predicted molar refractivity (Wildman–Crippen MR) is 80.4 cm³/mol. The molecular formula is C14H23NO3S. The van der Waals surface area contributed by atoms with Crippen LogP contribution in [-0.4, -0.2) is 50.0 Å². The second-order valence-corrected chi connectivity index (χ2v) is 5.18. The van der Waals surface area contributed by atoms with Crippen molar-refractivity contribution in [1.82, 2.24) is 5.32 Å². The summed E-state index contributed by atoms with van der Waals surface area (Å²) in [5.74, 6) is 2.60. The van der Waals surface area contributed by atoms with Crippen LogP contribution in [0.2, 0.25) is 0 Å². The van der Waals surface area contributed by atoms with E-state index in [2.05, 4.69) is 11.6 Å². The van der Waals surface area contributed by atoms with E-state index in [9.17, 15) is 5.11 Å². The summed E-state index contributed by atoms with van der Waals surface area (Å²) in [6.07, 6.45) is 2.71. The molecule has 5 heteroatoms. The molecule has 4 nitrogen and oxygen atoms in total. The van der Waals surface area contributed by atoms with Crippen LogP contribution in [0.1, 0.15) is 6.42 Å². The zero-order valence-electron chi connectivity index (χ0n) is 11.6. The lowest BCUT2D eigenvalue weighted by Gasteiger charge is -2.13. The fraction of sp³-hybridized carbons (Fsp3) is 0.571. The molecular weight excluding hydrogens is 262 g/mol. The average Bonchev–Trinajstić information content (AvgIpc) is 2.45. The van der Waals surface area contributed by atoms with Crippen LogP contribution < -0.4 is 14.8 Å². The Bertz CT molecular complexity index is 349. The Balaban J connectivity index is 2.16. The Morgan fingerprint density at radius 3 is 2.89 bits per heavy atom. The Kier molecular flexibility index (Phi) is 8.45. The second-order valence-electron chi connectivity index (χ2n) is 4.19. The highest BCUT2D eigenvalue weighted by Gasteiger charge is 2.05. The topological polar surface area (TPSA) is 50.7 Å². The number of ether oxygens (including phenoxy) is 2. The van der Waals surface area contributed by atoms with Crippen molar-refractivity contribution >= 4 is 11.8 Å². The molecule has 1 aromatic rings. The Hall–Kier alpha value is -0.910. The molecule has 1 aromatic carbocycles. The van der Waals surface area contributed by atoms with Crippen LogP contribution in [-0.2, 0) is 0 Å². The minimum Gasteiger partial charge on any atom is -0.497 e. The first kappa shape index (κ1) is 16.1. The molecule has 0 fully saturated rings. The minimum atomic E-state index is -0.500. The van der Waals surface area contributed by atoms with Crippen molar-refractivity contribution in [2.75, 3.05) is 38.8 Å². The van der Waals surface area contributed by atoms with Gasteiger partial charge in [-0.2, -0.15) is 11.8 Å². The third-order valence-electron chi connectivity index (χ3n) is 2.57. The zero-order chi connectivity index (χ0) is 13.9. The highest BCUT2D eigenvalue weighted by atomic mass is 32.2. The van der Waals surface area contributed by atoms with Gasteiger partial charge in [0.1, 0.15) is 24.2 Å². The molecule has 0 spiro atoms. The van der Waals surface area contributed by atoms with Crippen LogP contribution in [0.5, 0.6) is 11.5 Å². The number of hydrogen-bond donors (Lipinski definition) is 2. The minimum absolute atomic E-state index is 0.280. The van der Waals surface area contributed by atoms with E-state index in [1.807, 2.05) is 30.0 Å². The molecule has 0 saturated heterocycles. The average molecular weight is 285 g/mol. The number of benzene rings is 1. The highest BCUT2D eigenvalue weighted by molar-refractivity contribution is 7.98. The standard InChI is InChI=1S/C14H23NO3S/c1-17-13-5-3-6-14(9-13)18-11-12(16)10-15-7-4-8-19-2/h3,5-6,9,12,15-16H,4,7-8,10-11H2,1-2H3. The third kappa shape index (κ3) is 7.30. The lowest BCUT2D eigenvalue weighted by molar-refractivity contribution is 0.106. The van der Waals surface area contributed by atoms with Crippen molar-refractivity contribution in [2.45, 2.75) is 12.5 Å². The lowest BCUT2D eigenvalue weighted by atomic mass is 10.3. The molecule has 1 unspecified atom stereocenters. The molecule has 2 N–H and O–H groups in total. The molecule has 0 aliphatic rings. The van der Waals surface area contributed by atoms with Gasteiger partial charge in [-0.25, -0.2) is 0 Å². The summed E-state index contributed by atoms with van der Waals surface area (Å²) in [5, 5.41) is 13.0. The number of methoxy groups -OCH3 is 1. The van der Waals surface area contributed by atoms with Crippen LogP contribution in [0.4, 0.5) is 0 Å². The predicted octanol–water partition coefficient (Wildman–Crippen LogP) is 1.78. The SMILES string of the molecule is COc1cccc(OCC(O)CNCCCSC)c1. The van der Waals surface area contributed by atoms with Crippen LogP contribution >= 0.6 is 11.8 Å². The molecule has 0 radical (unpaired) electrons. The largest absolute Gasteiger partial charge is 0.497 e. The monoisotopic (exact) mass is 285 g/mol. The number of hydrogen-bond acceptors (Lipinski definition) is 5. The molecule has 1 rings (SSSR count). The Morgan fingerprint density at radius 1 is 1.37 bits per heavy atom. The smallest absolute Gasteiger partial charge is 0.123 e. The van der Waals surface area contributed by atoms with E-state index >= 15 is 0 Å².